The van der Waals surface area contributed by atoms with Gasteiger partial charge in [0.15, 0.2) is 0 Å². The standard InChI is InChI=1S/C32H48/c1-2-10-18-26-25(17-9-1)27-19-11-3-4-13-21-29(27)31-23-15-7-8-16-24-32(31)30-22-14-6-5-12-20-28(26)30/h1-24H2/b26-25-,27-25?,28-26?,29-27-,30-28-,31-29?,32-30?,32-31-. The van der Waals surface area contributed by atoms with Crippen LogP contribution in [-0.2, 0) is 0 Å². The van der Waals surface area contributed by atoms with Crippen molar-refractivity contribution in [2.24, 2.45) is 0 Å². The van der Waals surface area contributed by atoms with Crippen molar-refractivity contribution in [2.75, 3.05) is 0 Å². The Morgan fingerprint density at radius 2 is 0.281 bits per heavy atom. The Hall–Kier alpha value is -1.04. The molecule has 0 aromatic carbocycles. The van der Waals surface area contributed by atoms with E-state index >= 15 is 0 Å². The van der Waals surface area contributed by atoms with E-state index in [4.69, 9.17) is 0 Å². The highest BCUT2D eigenvalue weighted by Crippen LogP contribution is 2.48. The first-order chi connectivity index (χ1) is 15.9. The van der Waals surface area contributed by atoms with Gasteiger partial charge in [-0.1, -0.05) is 51.4 Å². The van der Waals surface area contributed by atoms with Gasteiger partial charge in [-0.2, -0.15) is 0 Å². The molecule has 5 aliphatic rings. The van der Waals surface area contributed by atoms with Gasteiger partial charge in [0.2, 0.25) is 0 Å². The molecule has 0 saturated carbocycles. The predicted octanol–water partition coefficient (Wildman–Crippen LogP) is 10.6. The molecule has 0 heterocycles. The fourth-order valence-corrected chi connectivity index (χ4v) is 7.70. The first-order valence-electron chi connectivity index (χ1n) is 14.8. The summed E-state index contributed by atoms with van der Waals surface area (Å²) in [7, 11) is 0. The van der Waals surface area contributed by atoms with Crippen molar-refractivity contribution >= 4 is 0 Å². The zero-order chi connectivity index (χ0) is 21.6. The van der Waals surface area contributed by atoms with E-state index in [2.05, 4.69) is 0 Å². The molecule has 0 saturated heterocycles. The summed E-state index contributed by atoms with van der Waals surface area (Å²) in [5.41, 5.74) is 15.1. The van der Waals surface area contributed by atoms with Crippen LogP contribution >= 0.6 is 0 Å². The normalized spacial score (nSPS) is 36.0. The molecule has 0 aromatic heterocycles. The summed E-state index contributed by atoms with van der Waals surface area (Å²) in [5, 5.41) is 0. The third kappa shape index (κ3) is 5.05. The Morgan fingerprint density at radius 3 is 0.406 bits per heavy atom. The van der Waals surface area contributed by atoms with Crippen molar-refractivity contribution in [2.45, 2.75) is 154 Å². The highest BCUT2D eigenvalue weighted by atomic mass is 14.3. The zero-order valence-electron chi connectivity index (χ0n) is 21.0. The lowest BCUT2D eigenvalue weighted by Crippen LogP contribution is -2.16. The molecule has 0 amide bonds. The molecule has 0 nitrogen and oxygen atoms in total. The quantitative estimate of drug-likeness (QED) is 0.357. The van der Waals surface area contributed by atoms with Gasteiger partial charge in [0, 0.05) is 0 Å². The van der Waals surface area contributed by atoms with E-state index in [1.54, 1.807) is 0 Å². The highest BCUT2D eigenvalue weighted by Gasteiger charge is 2.29. The second kappa shape index (κ2) is 11.4. The number of hydrogen-bond acceptors (Lipinski definition) is 0. The van der Waals surface area contributed by atoms with Crippen LogP contribution in [0.2, 0.25) is 0 Å². The fourth-order valence-electron chi connectivity index (χ4n) is 7.70. The molecular formula is C32H48. The van der Waals surface area contributed by atoms with Gasteiger partial charge in [0.05, 0.1) is 0 Å². The number of rotatable bonds is 0. The van der Waals surface area contributed by atoms with Gasteiger partial charge in [-0.25, -0.2) is 0 Å². The molecule has 0 aliphatic heterocycles. The van der Waals surface area contributed by atoms with Crippen LogP contribution in [0.1, 0.15) is 154 Å². The smallest absolute Gasteiger partial charge is 0.0273 e. The topological polar surface area (TPSA) is 0 Å². The van der Waals surface area contributed by atoms with Crippen LogP contribution in [-0.4, -0.2) is 0 Å². The summed E-state index contributed by atoms with van der Waals surface area (Å²) < 4.78 is 0. The Labute approximate surface area is 198 Å². The average Bonchev–Trinajstić information content (AvgIpc) is 2.71. The Morgan fingerprint density at radius 1 is 0.156 bits per heavy atom. The van der Waals surface area contributed by atoms with Crippen molar-refractivity contribution < 1.29 is 0 Å². The number of allylic oxidation sites excluding steroid dienone is 8. The Bertz CT molecular complexity index is 574. The third-order valence-electron chi connectivity index (χ3n) is 9.33. The molecule has 0 fully saturated rings. The van der Waals surface area contributed by atoms with Crippen molar-refractivity contribution in [1.29, 1.82) is 0 Å². The SMILES string of the molecule is C1CCCC2=C(CC1)/C1=C(CCCCCC1)\C1=C(CCCCCC1)/C1=C\2CCCCCC1. The Kier molecular flexibility index (Phi) is 8.10. The number of hydrogen-bond donors (Lipinski definition) is 0. The molecule has 0 aromatic rings. The second-order valence-corrected chi connectivity index (χ2v) is 11.5. The van der Waals surface area contributed by atoms with Gasteiger partial charge in [0.1, 0.15) is 0 Å². The number of fused-ring (bicyclic) bond motifs is 4. The van der Waals surface area contributed by atoms with Crippen LogP contribution < -0.4 is 0 Å². The van der Waals surface area contributed by atoms with Gasteiger partial charge in [-0.05, 0) is 147 Å². The van der Waals surface area contributed by atoms with E-state index in [9.17, 15) is 0 Å². The predicted molar refractivity (Wildman–Crippen MR) is 139 cm³/mol. The molecule has 176 valence electrons. The maximum Gasteiger partial charge on any atom is -0.0273 e. The van der Waals surface area contributed by atoms with E-state index in [0.29, 0.717) is 0 Å². The highest BCUT2D eigenvalue weighted by molar-refractivity contribution is 5.60. The van der Waals surface area contributed by atoms with Gasteiger partial charge in [0.25, 0.3) is 0 Å². The Balaban J connectivity index is 1.76. The van der Waals surface area contributed by atoms with E-state index in [1.807, 2.05) is 44.6 Å². The van der Waals surface area contributed by atoms with Crippen LogP contribution in [0.5, 0.6) is 0 Å². The molecule has 5 rings (SSSR count). The lowest BCUT2D eigenvalue weighted by Gasteiger charge is -2.35. The van der Waals surface area contributed by atoms with E-state index in [1.165, 1.54) is 154 Å². The largest absolute Gasteiger partial charge is 0.0530 e. The van der Waals surface area contributed by atoms with Crippen LogP contribution in [0, 0.1) is 0 Å². The summed E-state index contributed by atoms with van der Waals surface area (Å²) in [5.74, 6) is 0. The maximum atomic E-state index is 1.89. The van der Waals surface area contributed by atoms with Crippen molar-refractivity contribution in [1.82, 2.24) is 0 Å². The van der Waals surface area contributed by atoms with Crippen LogP contribution in [0.25, 0.3) is 0 Å². The average molecular weight is 433 g/mol. The zero-order valence-corrected chi connectivity index (χ0v) is 21.0. The molecule has 0 bridgehead atoms. The monoisotopic (exact) mass is 432 g/mol. The van der Waals surface area contributed by atoms with E-state index in [-0.39, 0.29) is 0 Å². The minimum atomic E-state index is 1.38. The first-order valence-corrected chi connectivity index (χ1v) is 14.8. The molecule has 0 heteroatoms. The molecule has 0 radical (unpaired) electrons. The summed E-state index contributed by atoms with van der Waals surface area (Å²) in [6.45, 7) is 0. The van der Waals surface area contributed by atoms with Gasteiger partial charge in [-0.15, -0.1) is 0 Å². The second-order valence-electron chi connectivity index (χ2n) is 11.5. The van der Waals surface area contributed by atoms with Crippen LogP contribution in [0.4, 0.5) is 0 Å². The molecule has 5 aliphatic carbocycles. The van der Waals surface area contributed by atoms with Crippen molar-refractivity contribution in [3.8, 4) is 0 Å². The van der Waals surface area contributed by atoms with Gasteiger partial charge in [-0.3, -0.25) is 0 Å². The fraction of sp³-hybridized carbons (Fsp3) is 0.750. The third-order valence-corrected chi connectivity index (χ3v) is 9.33. The summed E-state index contributed by atoms with van der Waals surface area (Å²) >= 11 is 0. The summed E-state index contributed by atoms with van der Waals surface area (Å²) in [6.07, 6.45) is 34.2. The van der Waals surface area contributed by atoms with E-state index in [0.717, 1.165) is 0 Å². The molecule has 0 N–H and O–H groups in total. The summed E-state index contributed by atoms with van der Waals surface area (Å²) in [4.78, 5) is 0. The molecule has 0 atom stereocenters. The summed E-state index contributed by atoms with van der Waals surface area (Å²) in [6, 6.07) is 0. The van der Waals surface area contributed by atoms with E-state index < -0.39 is 0 Å². The van der Waals surface area contributed by atoms with Gasteiger partial charge < -0.3 is 0 Å². The lowest BCUT2D eigenvalue weighted by molar-refractivity contribution is 0.563. The van der Waals surface area contributed by atoms with Gasteiger partial charge >= 0.3 is 0 Å². The molecule has 0 unspecified atom stereocenters. The molecular weight excluding hydrogens is 384 g/mol. The van der Waals surface area contributed by atoms with Crippen molar-refractivity contribution in [3.05, 3.63) is 44.6 Å². The minimum Gasteiger partial charge on any atom is -0.0530 e. The lowest BCUT2D eigenvalue weighted by atomic mass is 9.70. The van der Waals surface area contributed by atoms with Crippen LogP contribution in [0.15, 0.2) is 44.6 Å². The van der Waals surface area contributed by atoms with Crippen LogP contribution in [0.3, 0.4) is 0 Å². The first kappa shape index (κ1) is 22.7. The molecule has 32 heavy (non-hydrogen) atoms. The minimum absolute atomic E-state index is 1.38. The van der Waals surface area contributed by atoms with Crippen molar-refractivity contribution in [3.63, 3.8) is 0 Å². The molecule has 0 spiro atoms. The maximum absolute atomic E-state index is 1.89.